The molecule has 0 bridgehead atoms. The first-order valence-corrected chi connectivity index (χ1v) is 5.54. The minimum absolute atomic E-state index is 0.313. The van der Waals surface area contributed by atoms with Crippen molar-refractivity contribution in [3.63, 3.8) is 0 Å². The van der Waals surface area contributed by atoms with E-state index in [0.29, 0.717) is 10.6 Å². The first kappa shape index (κ1) is 12.5. The average Bonchev–Trinajstić information content (AvgIpc) is 1.99. The summed E-state index contributed by atoms with van der Waals surface area (Å²) in [6.45, 7) is 8.58. The van der Waals surface area contributed by atoms with Crippen LogP contribution in [0.3, 0.4) is 0 Å². The molecular weight excluding hydrogens is 208 g/mol. The van der Waals surface area contributed by atoms with Crippen molar-refractivity contribution in [1.82, 2.24) is 9.88 Å². The van der Waals surface area contributed by atoms with Crippen LogP contribution in [0.4, 0.5) is 0 Å². The van der Waals surface area contributed by atoms with E-state index in [-0.39, 0.29) is 0 Å². The second kappa shape index (κ2) is 4.95. The molecule has 0 aliphatic carbocycles. The maximum Gasteiger partial charge on any atom is 0.129 e. The highest BCUT2D eigenvalue weighted by atomic mass is 35.5. The predicted molar refractivity (Wildman–Crippen MR) is 65.0 cm³/mol. The Kier molecular flexibility index (Phi) is 4.12. The van der Waals surface area contributed by atoms with E-state index in [1.807, 2.05) is 12.1 Å². The number of rotatable bonds is 3. The van der Waals surface area contributed by atoms with Crippen molar-refractivity contribution in [3.8, 4) is 0 Å². The van der Waals surface area contributed by atoms with Gasteiger partial charge in [0.1, 0.15) is 5.15 Å². The van der Waals surface area contributed by atoms with Crippen molar-refractivity contribution in [2.45, 2.75) is 27.3 Å². The fraction of sp³-hybridized carbons (Fsp3) is 0.583. The minimum Gasteiger partial charge on any atom is -0.300 e. The number of hydrogen-bond acceptors (Lipinski definition) is 2. The lowest BCUT2D eigenvalue weighted by molar-refractivity contribution is 0.219. The van der Waals surface area contributed by atoms with Crippen LogP contribution >= 0.6 is 11.6 Å². The quantitative estimate of drug-likeness (QED) is 0.736. The highest BCUT2D eigenvalue weighted by Crippen LogP contribution is 2.15. The Bertz CT molecular complexity index is 318. The van der Waals surface area contributed by atoms with Crippen LogP contribution in [0.15, 0.2) is 18.2 Å². The van der Waals surface area contributed by atoms with Crippen LogP contribution in [0, 0.1) is 5.41 Å². The van der Waals surface area contributed by atoms with Crippen LogP contribution in [-0.2, 0) is 6.54 Å². The lowest BCUT2D eigenvalue weighted by Gasteiger charge is -2.26. The molecule has 0 unspecified atom stereocenters. The van der Waals surface area contributed by atoms with Gasteiger partial charge in [-0.05, 0) is 24.6 Å². The molecule has 1 aromatic rings. The SMILES string of the molecule is CN(Cc1cccc(Cl)n1)CC(C)(C)C. The van der Waals surface area contributed by atoms with Gasteiger partial charge in [-0.2, -0.15) is 0 Å². The summed E-state index contributed by atoms with van der Waals surface area (Å²) < 4.78 is 0. The number of halogens is 1. The zero-order chi connectivity index (χ0) is 11.5. The van der Waals surface area contributed by atoms with Gasteiger partial charge in [-0.1, -0.05) is 38.4 Å². The maximum absolute atomic E-state index is 5.83. The van der Waals surface area contributed by atoms with E-state index in [2.05, 4.69) is 37.7 Å². The molecule has 0 spiro atoms. The summed E-state index contributed by atoms with van der Waals surface area (Å²) in [7, 11) is 2.10. The van der Waals surface area contributed by atoms with Crippen molar-refractivity contribution < 1.29 is 0 Å². The Labute approximate surface area is 97.3 Å². The monoisotopic (exact) mass is 226 g/mol. The molecule has 0 saturated carbocycles. The van der Waals surface area contributed by atoms with Crippen molar-refractivity contribution in [3.05, 3.63) is 29.0 Å². The zero-order valence-electron chi connectivity index (χ0n) is 9.92. The Morgan fingerprint density at radius 2 is 2.00 bits per heavy atom. The summed E-state index contributed by atoms with van der Waals surface area (Å²) in [4.78, 5) is 6.53. The molecule has 1 rings (SSSR count). The molecule has 0 aromatic carbocycles. The molecule has 1 aromatic heterocycles. The van der Waals surface area contributed by atoms with Crippen LogP contribution in [0.5, 0.6) is 0 Å². The fourth-order valence-corrected chi connectivity index (χ4v) is 1.86. The predicted octanol–water partition coefficient (Wildman–Crippen LogP) is 3.21. The van der Waals surface area contributed by atoms with Crippen molar-refractivity contribution in [1.29, 1.82) is 0 Å². The first-order valence-electron chi connectivity index (χ1n) is 5.17. The summed E-state index contributed by atoms with van der Waals surface area (Å²) in [6, 6.07) is 5.75. The van der Waals surface area contributed by atoms with Crippen molar-refractivity contribution in [2.24, 2.45) is 5.41 Å². The van der Waals surface area contributed by atoms with Crippen LogP contribution < -0.4 is 0 Å². The van der Waals surface area contributed by atoms with Gasteiger partial charge in [-0.15, -0.1) is 0 Å². The van der Waals surface area contributed by atoms with Gasteiger partial charge in [0.25, 0.3) is 0 Å². The third-order valence-corrected chi connectivity index (χ3v) is 2.16. The Balaban J connectivity index is 2.55. The average molecular weight is 227 g/mol. The standard InChI is InChI=1S/C12H19ClN2/c1-12(2,3)9-15(4)8-10-6-5-7-11(13)14-10/h5-7H,8-9H2,1-4H3. The van der Waals surface area contributed by atoms with Gasteiger partial charge in [0.15, 0.2) is 0 Å². The van der Waals surface area contributed by atoms with E-state index in [4.69, 9.17) is 11.6 Å². The maximum atomic E-state index is 5.83. The van der Waals surface area contributed by atoms with Crippen molar-refractivity contribution >= 4 is 11.6 Å². The summed E-state index contributed by atoms with van der Waals surface area (Å²) in [5.41, 5.74) is 1.34. The Morgan fingerprint density at radius 1 is 1.33 bits per heavy atom. The van der Waals surface area contributed by atoms with E-state index in [0.717, 1.165) is 18.8 Å². The summed E-state index contributed by atoms with van der Waals surface area (Å²) in [5.74, 6) is 0. The van der Waals surface area contributed by atoms with E-state index in [1.165, 1.54) is 0 Å². The normalized spacial score (nSPS) is 12.1. The fourth-order valence-electron chi connectivity index (χ4n) is 1.68. The van der Waals surface area contributed by atoms with Gasteiger partial charge in [0.2, 0.25) is 0 Å². The first-order chi connectivity index (χ1) is 6.87. The largest absolute Gasteiger partial charge is 0.300 e. The minimum atomic E-state index is 0.313. The van der Waals surface area contributed by atoms with Gasteiger partial charge in [0, 0.05) is 13.1 Å². The highest BCUT2D eigenvalue weighted by molar-refractivity contribution is 6.29. The van der Waals surface area contributed by atoms with Crippen LogP contribution in [0.25, 0.3) is 0 Å². The molecule has 3 heteroatoms. The molecule has 84 valence electrons. The van der Waals surface area contributed by atoms with Gasteiger partial charge in [-0.3, -0.25) is 0 Å². The second-order valence-electron chi connectivity index (χ2n) is 5.18. The van der Waals surface area contributed by atoms with Gasteiger partial charge < -0.3 is 4.90 Å². The Hall–Kier alpha value is -0.600. The van der Waals surface area contributed by atoms with Gasteiger partial charge in [0.05, 0.1) is 5.69 Å². The summed E-state index contributed by atoms with van der Waals surface area (Å²) in [6.07, 6.45) is 0. The van der Waals surface area contributed by atoms with Crippen LogP contribution in [0.1, 0.15) is 26.5 Å². The molecule has 0 saturated heterocycles. The smallest absolute Gasteiger partial charge is 0.129 e. The number of aromatic nitrogens is 1. The van der Waals surface area contributed by atoms with Gasteiger partial charge in [-0.25, -0.2) is 4.98 Å². The van der Waals surface area contributed by atoms with Crippen LogP contribution in [-0.4, -0.2) is 23.5 Å². The third kappa shape index (κ3) is 5.14. The molecule has 0 radical (unpaired) electrons. The Morgan fingerprint density at radius 3 is 2.53 bits per heavy atom. The molecular formula is C12H19ClN2. The van der Waals surface area contributed by atoms with Crippen molar-refractivity contribution in [2.75, 3.05) is 13.6 Å². The van der Waals surface area contributed by atoms with Crippen LogP contribution in [0.2, 0.25) is 5.15 Å². The van der Waals surface area contributed by atoms with E-state index in [9.17, 15) is 0 Å². The molecule has 0 N–H and O–H groups in total. The molecule has 0 fully saturated rings. The zero-order valence-corrected chi connectivity index (χ0v) is 10.7. The topological polar surface area (TPSA) is 16.1 Å². The third-order valence-electron chi connectivity index (χ3n) is 1.95. The molecule has 0 aliphatic rings. The number of pyridine rings is 1. The van der Waals surface area contributed by atoms with E-state index in [1.54, 1.807) is 6.07 Å². The number of hydrogen-bond donors (Lipinski definition) is 0. The number of nitrogens with zero attached hydrogens (tertiary/aromatic N) is 2. The lowest BCUT2D eigenvalue weighted by atomic mass is 9.96. The van der Waals surface area contributed by atoms with E-state index >= 15 is 0 Å². The molecule has 0 aliphatic heterocycles. The molecule has 0 amide bonds. The van der Waals surface area contributed by atoms with E-state index < -0.39 is 0 Å². The summed E-state index contributed by atoms with van der Waals surface area (Å²) in [5, 5.41) is 0.566. The van der Waals surface area contributed by atoms with Gasteiger partial charge >= 0.3 is 0 Å². The molecule has 15 heavy (non-hydrogen) atoms. The molecule has 0 atom stereocenters. The highest BCUT2D eigenvalue weighted by Gasteiger charge is 2.13. The second-order valence-corrected chi connectivity index (χ2v) is 5.57. The molecule has 1 heterocycles. The summed E-state index contributed by atoms with van der Waals surface area (Å²) >= 11 is 5.83. The molecule has 2 nitrogen and oxygen atoms in total. The lowest BCUT2D eigenvalue weighted by Crippen LogP contribution is -2.29.